The molecule has 0 saturated heterocycles. The van der Waals surface area contributed by atoms with E-state index in [-0.39, 0.29) is 46.2 Å². The monoisotopic (exact) mass is 1020 g/mol. The number of alkyl halides is 12. The van der Waals surface area contributed by atoms with E-state index in [9.17, 15) is 52.7 Å². The molecule has 368 valence electrons. The van der Waals surface area contributed by atoms with Gasteiger partial charge in [-0.2, -0.15) is 52.7 Å². The molecule has 0 spiro atoms. The molecule has 0 nitrogen and oxygen atoms in total. The van der Waals surface area contributed by atoms with Crippen molar-refractivity contribution in [3.8, 4) is 44.5 Å². The Morgan fingerprint density at radius 1 is 0.315 bits per heavy atom. The molecule has 2 unspecified atom stereocenters. The number of halogens is 12. The molecule has 0 amide bonds. The average Bonchev–Trinajstić information content (AvgIpc) is 3.94. The summed E-state index contributed by atoms with van der Waals surface area (Å²) < 4.78 is 173. The first kappa shape index (κ1) is 49.2. The summed E-state index contributed by atoms with van der Waals surface area (Å²) in [5.41, 5.74) is 2.08. The summed E-state index contributed by atoms with van der Waals surface area (Å²) in [4.78, 5) is 0. The van der Waals surface area contributed by atoms with E-state index >= 15 is 0 Å². The van der Waals surface area contributed by atoms with Crippen LogP contribution in [-0.4, -0.2) is 9.52 Å². The number of hydrogen-bond acceptors (Lipinski definition) is 0. The van der Waals surface area contributed by atoms with E-state index in [0.29, 0.717) is 45.5 Å². The van der Waals surface area contributed by atoms with Gasteiger partial charge in [-0.1, -0.05) is 158 Å². The van der Waals surface area contributed by atoms with E-state index in [1.807, 2.05) is 84.9 Å². The van der Waals surface area contributed by atoms with Gasteiger partial charge in [0.05, 0.1) is 22.3 Å². The molecular formula is C60H40F12Si. The maximum Gasteiger partial charge on any atom is 0.416 e. The van der Waals surface area contributed by atoms with Gasteiger partial charge in [0.15, 0.2) is 0 Å². The third-order valence-corrected chi connectivity index (χ3v) is 15.8. The quantitative estimate of drug-likeness (QED) is 0.0946. The summed E-state index contributed by atoms with van der Waals surface area (Å²) in [7, 11) is -1.25. The van der Waals surface area contributed by atoms with Gasteiger partial charge in [0.25, 0.3) is 0 Å². The highest BCUT2D eigenvalue weighted by Crippen LogP contribution is 2.54. The minimum Gasteiger partial charge on any atom is -0.166 e. The number of benzene rings is 8. The van der Waals surface area contributed by atoms with Gasteiger partial charge in [-0.3, -0.25) is 0 Å². The third kappa shape index (κ3) is 9.82. The van der Waals surface area contributed by atoms with Gasteiger partial charge in [0, 0.05) is 21.4 Å². The SMILES string of the molecule is FC(F)(F)c1cc(-c2c(-c3ccccc3)ccc3c2C=C(c2ccccc2)C3C[SiH2]CC2C(c3ccccc3)=Cc3c2ccc(-c2ccccc2)c3-c2cc(C(F)(F)F)cc(C(F)(F)F)c2)cc(C(F)(F)F)c1. The van der Waals surface area contributed by atoms with Crippen LogP contribution in [0.3, 0.4) is 0 Å². The fourth-order valence-corrected chi connectivity index (χ4v) is 12.8. The number of allylic oxidation sites excluding steroid dienone is 2. The average molecular weight is 1020 g/mol. The first-order chi connectivity index (χ1) is 34.7. The second-order valence-corrected chi connectivity index (χ2v) is 20.1. The topological polar surface area (TPSA) is 0 Å². The van der Waals surface area contributed by atoms with E-state index in [1.54, 1.807) is 72.8 Å². The maximum absolute atomic E-state index is 14.5. The molecular weight excluding hydrogens is 977 g/mol. The van der Waals surface area contributed by atoms with E-state index < -0.39 is 56.5 Å². The minimum absolute atomic E-state index is 0.124. The van der Waals surface area contributed by atoms with Crippen molar-refractivity contribution in [2.24, 2.45) is 0 Å². The smallest absolute Gasteiger partial charge is 0.166 e. The lowest BCUT2D eigenvalue weighted by Crippen LogP contribution is -2.11. The summed E-state index contributed by atoms with van der Waals surface area (Å²) in [5.74, 6) is -0.681. The van der Waals surface area contributed by atoms with Crippen LogP contribution in [0.5, 0.6) is 0 Å². The molecule has 0 bridgehead atoms. The molecule has 0 saturated carbocycles. The molecule has 2 aliphatic carbocycles. The summed E-state index contributed by atoms with van der Waals surface area (Å²) in [6.07, 6.45) is -16.6. The molecule has 2 aliphatic rings. The predicted octanol–water partition coefficient (Wildman–Crippen LogP) is 18.4. The van der Waals surface area contributed by atoms with E-state index in [4.69, 9.17) is 0 Å². The molecule has 73 heavy (non-hydrogen) atoms. The Labute approximate surface area is 414 Å². The highest BCUT2D eigenvalue weighted by atomic mass is 28.2. The Balaban J connectivity index is 1.11. The first-order valence-corrected chi connectivity index (χ1v) is 25.3. The van der Waals surface area contributed by atoms with Crippen LogP contribution in [0.15, 0.2) is 182 Å². The van der Waals surface area contributed by atoms with Crippen molar-refractivity contribution < 1.29 is 52.7 Å². The lowest BCUT2D eigenvalue weighted by atomic mass is 9.85. The molecule has 0 heterocycles. The fraction of sp³-hybridized carbons (Fsp3) is 0.133. The summed E-state index contributed by atoms with van der Waals surface area (Å²) in [5, 5.41) is 0. The Kier molecular flexibility index (Phi) is 12.7. The standard InChI is InChI=1S/C60H40F12Si/c61-57(62,63)41-25-39(26-42(29-41)58(64,65)66)55-45(35-13-5-1-6-14-35)21-23-47-51(55)31-49(37-17-9-3-10-18-37)53(47)33-73-34-54-48-24-22-46(36-15-7-2-8-16-36)56(52(48)32-50(54)38-19-11-4-12-20-38)40-27-43(59(67,68)69)30-44(28-40)60(70,71)72/h1-32,53-54H,33-34,73H2. The van der Waals surface area contributed by atoms with Crippen molar-refractivity contribution in [1.29, 1.82) is 0 Å². The van der Waals surface area contributed by atoms with Crippen LogP contribution in [0, 0.1) is 0 Å². The second kappa shape index (κ2) is 18.9. The van der Waals surface area contributed by atoms with Crippen molar-refractivity contribution >= 4 is 32.8 Å². The van der Waals surface area contributed by atoms with E-state index in [0.717, 1.165) is 57.7 Å². The van der Waals surface area contributed by atoms with Crippen LogP contribution >= 0.6 is 0 Å². The van der Waals surface area contributed by atoms with Crippen LogP contribution in [-0.2, 0) is 24.7 Å². The molecule has 0 aliphatic heterocycles. The van der Waals surface area contributed by atoms with E-state index in [2.05, 4.69) is 0 Å². The van der Waals surface area contributed by atoms with Gasteiger partial charge in [0.2, 0.25) is 0 Å². The fourth-order valence-electron chi connectivity index (χ4n) is 10.6. The highest BCUT2D eigenvalue weighted by Gasteiger charge is 2.40. The van der Waals surface area contributed by atoms with Gasteiger partial charge in [-0.05, 0) is 138 Å². The van der Waals surface area contributed by atoms with Crippen molar-refractivity contribution in [2.45, 2.75) is 48.6 Å². The lowest BCUT2D eigenvalue weighted by molar-refractivity contribution is -0.144. The molecule has 8 aromatic rings. The summed E-state index contributed by atoms with van der Waals surface area (Å²) in [6.45, 7) is 0. The van der Waals surface area contributed by atoms with Crippen LogP contribution < -0.4 is 0 Å². The van der Waals surface area contributed by atoms with Gasteiger partial charge in [-0.15, -0.1) is 0 Å². The second-order valence-electron chi connectivity index (χ2n) is 18.3. The van der Waals surface area contributed by atoms with Crippen LogP contribution in [0.4, 0.5) is 52.7 Å². The Morgan fingerprint density at radius 2 is 0.603 bits per heavy atom. The molecule has 0 aromatic heterocycles. The van der Waals surface area contributed by atoms with Crippen LogP contribution in [0.25, 0.3) is 67.8 Å². The third-order valence-electron chi connectivity index (χ3n) is 13.8. The summed E-state index contributed by atoms with van der Waals surface area (Å²) in [6, 6.07) is 48.0. The normalized spacial score (nSPS) is 15.9. The number of rotatable bonds is 10. The van der Waals surface area contributed by atoms with Crippen LogP contribution in [0.1, 0.15) is 67.5 Å². The van der Waals surface area contributed by atoms with Crippen molar-refractivity contribution in [1.82, 2.24) is 0 Å². The highest BCUT2D eigenvalue weighted by molar-refractivity contribution is 6.37. The lowest BCUT2D eigenvalue weighted by Gasteiger charge is -2.23. The molecule has 13 heteroatoms. The largest absolute Gasteiger partial charge is 0.416 e. The Morgan fingerprint density at radius 3 is 0.890 bits per heavy atom. The zero-order valence-corrected chi connectivity index (χ0v) is 39.7. The number of fused-ring (bicyclic) bond motifs is 2. The molecule has 0 radical (unpaired) electrons. The van der Waals surface area contributed by atoms with Crippen molar-refractivity contribution in [3.63, 3.8) is 0 Å². The molecule has 0 fully saturated rings. The maximum atomic E-state index is 14.5. The molecule has 2 atom stereocenters. The van der Waals surface area contributed by atoms with Crippen LogP contribution in [0.2, 0.25) is 12.1 Å². The van der Waals surface area contributed by atoms with Crippen molar-refractivity contribution in [3.05, 3.63) is 238 Å². The Hall–Kier alpha value is -7.38. The molecule has 8 aromatic carbocycles. The zero-order valence-electron chi connectivity index (χ0n) is 38.3. The van der Waals surface area contributed by atoms with Crippen molar-refractivity contribution in [2.75, 3.05) is 0 Å². The van der Waals surface area contributed by atoms with Gasteiger partial charge >= 0.3 is 24.7 Å². The predicted molar refractivity (Wildman–Crippen MR) is 267 cm³/mol. The van der Waals surface area contributed by atoms with Gasteiger partial charge in [-0.25, -0.2) is 0 Å². The minimum atomic E-state index is -5.09. The first-order valence-electron chi connectivity index (χ1n) is 23.3. The van der Waals surface area contributed by atoms with Gasteiger partial charge in [0.1, 0.15) is 0 Å². The molecule has 0 N–H and O–H groups in total. The summed E-state index contributed by atoms with van der Waals surface area (Å²) >= 11 is 0. The van der Waals surface area contributed by atoms with E-state index in [1.165, 1.54) is 0 Å². The number of hydrogen-bond donors (Lipinski definition) is 0. The Bertz CT molecular complexity index is 3110. The zero-order chi connectivity index (χ0) is 51.5. The molecule has 10 rings (SSSR count). The van der Waals surface area contributed by atoms with Gasteiger partial charge < -0.3 is 0 Å².